The van der Waals surface area contributed by atoms with Gasteiger partial charge < -0.3 is 5.32 Å². The molecular weight excluding hydrogens is 286 g/mol. The Bertz CT molecular complexity index is 295. The molecule has 1 N–H and O–H groups in total. The Kier molecular flexibility index (Phi) is 2.12. The van der Waals surface area contributed by atoms with Crippen LogP contribution in [0.3, 0.4) is 0 Å². The lowest BCUT2D eigenvalue weighted by Gasteiger charge is -2.19. The summed E-state index contributed by atoms with van der Waals surface area (Å²) in [5.41, 5.74) is 1.02. The third-order valence-corrected chi connectivity index (χ3v) is 3.75. The summed E-state index contributed by atoms with van der Waals surface area (Å²) in [5.74, 6) is 0.400. The number of allylic oxidation sites excluding steroid dienone is 4. The largest absolute Gasteiger partial charge is 0.328 e. The smallest absolute Gasteiger partial charge is 0.224 e. The molecular formula is C8H7Br2NO. The van der Waals surface area contributed by atoms with Gasteiger partial charge in [0.25, 0.3) is 0 Å². The maximum absolute atomic E-state index is 11.1. The van der Waals surface area contributed by atoms with Crippen LogP contribution in [0.5, 0.6) is 0 Å². The highest BCUT2D eigenvalue weighted by Crippen LogP contribution is 2.36. The van der Waals surface area contributed by atoms with E-state index in [0.29, 0.717) is 6.42 Å². The van der Waals surface area contributed by atoms with Crippen LogP contribution in [-0.4, -0.2) is 10.7 Å². The zero-order valence-corrected chi connectivity index (χ0v) is 9.35. The first kappa shape index (κ1) is 8.51. The number of fused-ring (bicyclic) bond motifs is 1. The summed E-state index contributed by atoms with van der Waals surface area (Å²) < 4.78 is 0.994. The second-order valence-corrected chi connectivity index (χ2v) is 4.84. The molecule has 0 spiro atoms. The van der Waals surface area contributed by atoms with Crippen LogP contribution in [0.25, 0.3) is 0 Å². The summed E-state index contributed by atoms with van der Waals surface area (Å²) in [7, 11) is 0. The molecule has 0 saturated carbocycles. The molecule has 4 heteroatoms. The maximum atomic E-state index is 11.1. The van der Waals surface area contributed by atoms with Crippen LogP contribution in [0.4, 0.5) is 0 Å². The topological polar surface area (TPSA) is 29.1 Å². The standard InChI is InChI=1S/C8H7Br2NO/c9-5-1-2-6(10)8-4(5)3-7(12)11-8/h1-2,4-5H,3H2,(H,11,12). The molecule has 2 nitrogen and oxygen atoms in total. The Balaban J connectivity index is 2.37. The molecule has 1 aliphatic heterocycles. The SMILES string of the molecule is O=C1CC2C(=C(Br)C=CC2Br)N1. The van der Waals surface area contributed by atoms with Crippen LogP contribution in [0, 0.1) is 5.92 Å². The zero-order chi connectivity index (χ0) is 8.72. The molecule has 0 aromatic rings. The molecule has 0 aromatic carbocycles. The van der Waals surface area contributed by atoms with Gasteiger partial charge in [0.15, 0.2) is 0 Å². The molecule has 1 heterocycles. The molecule has 64 valence electrons. The second-order valence-electron chi connectivity index (χ2n) is 2.92. The lowest BCUT2D eigenvalue weighted by atomic mass is 9.97. The molecule has 1 aliphatic carbocycles. The Labute approximate surface area is 87.3 Å². The fourth-order valence-electron chi connectivity index (χ4n) is 1.50. The van der Waals surface area contributed by atoms with Crippen molar-refractivity contribution in [1.29, 1.82) is 0 Å². The molecule has 2 atom stereocenters. The Hall–Kier alpha value is -0.0900. The zero-order valence-electron chi connectivity index (χ0n) is 6.18. The van der Waals surface area contributed by atoms with Crippen LogP contribution in [-0.2, 0) is 4.79 Å². The molecule has 0 radical (unpaired) electrons. The van der Waals surface area contributed by atoms with E-state index in [0.717, 1.165) is 10.2 Å². The predicted octanol–water partition coefficient (Wildman–Crippen LogP) is 2.06. The van der Waals surface area contributed by atoms with E-state index in [1.165, 1.54) is 0 Å². The van der Waals surface area contributed by atoms with Crippen LogP contribution in [0.1, 0.15) is 6.42 Å². The van der Waals surface area contributed by atoms with Crippen LogP contribution < -0.4 is 5.32 Å². The van der Waals surface area contributed by atoms with Crippen molar-refractivity contribution in [3.63, 3.8) is 0 Å². The van der Waals surface area contributed by atoms with Crippen molar-refractivity contribution in [3.8, 4) is 0 Å². The van der Waals surface area contributed by atoms with Gasteiger partial charge in [-0.3, -0.25) is 4.79 Å². The lowest BCUT2D eigenvalue weighted by molar-refractivity contribution is -0.119. The summed E-state index contributed by atoms with van der Waals surface area (Å²) in [4.78, 5) is 11.4. The van der Waals surface area contributed by atoms with E-state index in [-0.39, 0.29) is 16.7 Å². The average Bonchev–Trinajstić information content (AvgIpc) is 2.41. The van der Waals surface area contributed by atoms with Crippen molar-refractivity contribution in [3.05, 3.63) is 22.3 Å². The Morgan fingerprint density at radius 1 is 1.58 bits per heavy atom. The molecule has 1 saturated heterocycles. The summed E-state index contributed by atoms with van der Waals surface area (Å²) in [6.45, 7) is 0. The summed E-state index contributed by atoms with van der Waals surface area (Å²) in [6.07, 6.45) is 4.61. The number of nitrogens with one attached hydrogen (secondary N) is 1. The second kappa shape index (κ2) is 3.00. The van der Waals surface area contributed by atoms with Crippen molar-refractivity contribution in [2.45, 2.75) is 11.2 Å². The highest BCUT2D eigenvalue weighted by molar-refractivity contribution is 9.12. The Morgan fingerprint density at radius 3 is 3.00 bits per heavy atom. The van der Waals surface area contributed by atoms with Gasteiger partial charge in [-0.1, -0.05) is 22.0 Å². The predicted molar refractivity (Wildman–Crippen MR) is 54.1 cm³/mol. The number of amides is 1. The third kappa shape index (κ3) is 1.27. The van der Waals surface area contributed by atoms with Crippen molar-refractivity contribution in [2.24, 2.45) is 5.92 Å². The van der Waals surface area contributed by atoms with Gasteiger partial charge in [-0.25, -0.2) is 0 Å². The number of alkyl halides is 1. The van der Waals surface area contributed by atoms with Gasteiger partial charge >= 0.3 is 0 Å². The van der Waals surface area contributed by atoms with Crippen LogP contribution in [0.15, 0.2) is 22.3 Å². The van der Waals surface area contributed by atoms with E-state index in [2.05, 4.69) is 43.3 Å². The van der Waals surface area contributed by atoms with Gasteiger partial charge in [-0.2, -0.15) is 0 Å². The summed E-state index contributed by atoms with van der Waals surface area (Å²) >= 11 is 6.92. The van der Waals surface area contributed by atoms with Crippen molar-refractivity contribution in [1.82, 2.24) is 5.32 Å². The fraction of sp³-hybridized carbons (Fsp3) is 0.375. The van der Waals surface area contributed by atoms with Crippen LogP contribution >= 0.6 is 31.9 Å². The molecule has 0 aromatic heterocycles. The van der Waals surface area contributed by atoms with Crippen molar-refractivity contribution < 1.29 is 4.79 Å². The number of hydrogen-bond donors (Lipinski definition) is 1. The van der Waals surface area contributed by atoms with Gasteiger partial charge in [-0.15, -0.1) is 0 Å². The molecule has 2 rings (SSSR count). The Morgan fingerprint density at radius 2 is 2.33 bits per heavy atom. The lowest BCUT2D eigenvalue weighted by Crippen LogP contribution is -2.18. The number of halogens is 2. The van der Waals surface area contributed by atoms with E-state index in [9.17, 15) is 4.79 Å². The van der Waals surface area contributed by atoms with Crippen LogP contribution in [0.2, 0.25) is 0 Å². The molecule has 1 amide bonds. The van der Waals surface area contributed by atoms with Gasteiger partial charge in [0, 0.05) is 27.3 Å². The van der Waals surface area contributed by atoms with Gasteiger partial charge in [0.05, 0.1) is 0 Å². The first-order valence-electron chi connectivity index (χ1n) is 3.70. The summed E-state index contributed by atoms with van der Waals surface area (Å²) in [5, 5.41) is 2.85. The van der Waals surface area contributed by atoms with Crippen molar-refractivity contribution >= 4 is 37.8 Å². The fourth-order valence-corrected chi connectivity index (χ4v) is 2.65. The first-order chi connectivity index (χ1) is 5.68. The van der Waals surface area contributed by atoms with E-state index >= 15 is 0 Å². The highest BCUT2D eigenvalue weighted by atomic mass is 79.9. The van der Waals surface area contributed by atoms with Gasteiger partial charge in [-0.05, 0) is 22.0 Å². The number of carbonyl (C=O) groups excluding carboxylic acids is 1. The quantitative estimate of drug-likeness (QED) is 0.681. The minimum absolute atomic E-state index is 0.111. The van der Waals surface area contributed by atoms with E-state index < -0.39 is 0 Å². The van der Waals surface area contributed by atoms with E-state index in [4.69, 9.17) is 0 Å². The minimum Gasteiger partial charge on any atom is -0.328 e. The molecule has 0 bridgehead atoms. The average molecular weight is 293 g/mol. The molecule has 2 unspecified atom stereocenters. The maximum Gasteiger partial charge on any atom is 0.224 e. The normalized spacial score (nSPS) is 33.7. The number of rotatable bonds is 0. The van der Waals surface area contributed by atoms with Gasteiger partial charge in [0.2, 0.25) is 5.91 Å². The van der Waals surface area contributed by atoms with Gasteiger partial charge in [0.1, 0.15) is 0 Å². The molecule has 1 fully saturated rings. The number of hydrogen-bond acceptors (Lipinski definition) is 1. The van der Waals surface area contributed by atoms with E-state index in [1.54, 1.807) is 0 Å². The minimum atomic E-state index is 0.111. The summed E-state index contributed by atoms with van der Waals surface area (Å²) in [6, 6.07) is 0. The van der Waals surface area contributed by atoms with E-state index in [1.807, 2.05) is 6.08 Å². The molecule has 12 heavy (non-hydrogen) atoms. The third-order valence-electron chi connectivity index (χ3n) is 2.12. The monoisotopic (exact) mass is 291 g/mol. The first-order valence-corrected chi connectivity index (χ1v) is 5.41. The number of carbonyl (C=O) groups is 1. The molecule has 2 aliphatic rings. The highest BCUT2D eigenvalue weighted by Gasteiger charge is 2.34. The van der Waals surface area contributed by atoms with Crippen molar-refractivity contribution in [2.75, 3.05) is 0 Å².